The van der Waals surface area contributed by atoms with Crippen LogP contribution in [0.2, 0.25) is 5.02 Å². The zero-order valence-electron chi connectivity index (χ0n) is 11.1. The first-order chi connectivity index (χ1) is 8.56. The Morgan fingerprint density at radius 3 is 2.50 bits per heavy atom. The number of aliphatic hydroxyl groups excluding tert-OH is 1. The average molecular weight is 271 g/mol. The number of halogens is 1. The summed E-state index contributed by atoms with van der Waals surface area (Å²) < 4.78 is 0. The molecule has 1 unspecified atom stereocenters. The van der Waals surface area contributed by atoms with Crippen LogP contribution in [-0.2, 0) is 0 Å². The molecule has 0 amide bonds. The van der Waals surface area contributed by atoms with Gasteiger partial charge in [-0.15, -0.1) is 0 Å². The van der Waals surface area contributed by atoms with Crippen LogP contribution in [0.15, 0.2) is 24.3 Å². The van der Waals surface area contributed by atoms with Gasteiger partial charge in [0.05, 0.1) is 6.61 Å². The molecule has 1 rings (SSSR count). The highest BCUT2D eigenvalue weighted by atomic mass is 35.5. The van der Waals surface area contributed by atoms with Crippen LogP contribution in [0.25, 0.3) is 0 Å². The van der Waals surface area contributed by atoms with Crippen molar-refractivity contribution in [3.05, 3.63) is 34.9 Å². The molecular formula is C14H23ClN2O. The third kappa shape index (κ3) is 4.58. The van der Waals surface area contributed by atoms with Crippen molar-refractivity contribution in [2.45, 2.75) is 32.4 Å². The fraction of sp³-hybridized carbons (Fsp3) is 0.571. The van der Waals surface area contributed by atoms with Gasteiger partial charge in [0.1, 0.15) is 0 Å². The molecule has 0 aliphatic heterocycles. The van der Waals surface area contributed by atoms with Gasteiger partial charge in [-0.3, -0.25) is 4.90 Å². The van der Waals surface area contributed by atoms with Crippen molar-refractivity contribution < 1.29 is 5.11 Å². The molecule has 1 aromatic carbocycles. The van der Waals surface area contributed by atoms with E-state index < -0.39 is 0 Å². The topological polar surface area (TPSA) is 49.5 Å². The number of rotatable bonds is 7. The highest BCUT2D eigenvalue weighted by Gasteiger charge is 2.13. The van der Waals surface area contributed by atoms with Crippen LogP contribution < -0.4 is 5.73 Å². The molecule has 1 aromatic rings. The third-order valence-electron chi connectivity index (χ3n) is 3.15. The Morgan fingerprint density at radius 2 is 1.94 bits per heavy atom. The summed E-state index contributed by atoms with van der Waals surface area (Å²) in [6, 6.07) is 8.05. The van der Waals surface area contributed by atoms with E-state index in [4.69, 9.17) is 22.4 Å². The second-order valence-electron chi connectivity index (χ2n) is 4.77. The summed E-state index contributed by atoms with van der Waals surface area (Å²) >= 11 is 6.12. The molecule has 0 saturated heterocycles. The molecule has 4 heteroatoms. The van der Waals surface area contributed by atoms with Gasteiger partial charge in [0.15, 0.2) is 0 Å². The molecule has 18 heavy (non-hydrogen) atoms. The van der Waals surface area contributed by atoms with Crippen molar-refractivity contribution in [3.8, 4) is 0 Å². The maximum absolute atomic E-state index is 9.02. The van der Waals surface area contributed by atoms with Crippen LogP contribution in [-0.4, -0.2) is 35.7 Å². The normalized spacial score (nSPS) is 13.3. The van der Waals surface area contributed by atoms with Gasteiger partial charge >= 0.3 is 0 Å². The number of benzene rings is 1. The number of aliphatic hydroxyl groups is 1. The molecule has 3 N–H and O–H groups in total. The van der Waals surface area contributed by atoms with E-state index in [1.807, 2.05) is 24.3 Å². The van der Waals surface area contributed by atoms with E-state index in [1.165, 1.54) is 0 Å². The number of hydrogen-bond acceptors (Lipinski definition) is 3. The summed E-state index contributed by atoms with van der Waals surface area (Å²) in [4.78, 5) is 2.22. The molecular weight excluding hydrogens is 248 g/mol. The molecule has 0 aliphatic rings. The lowest BCUT2D eigenvalue weighted by molar-refractivity contribution is 0.161. The number of nitrogens with zero attached hydrogens (tertiary/aromatic N) is 1. The van der Waals surface area contributed by atoms with Gasteiger partial charge in [-0.1, -0.05) is 29.8 Å². The summed E-state index contributed by atoms with van der Waals surface area (Å²) in [7, 11) is 0. The zero-order chi connectivity index (χ0) is 13.5. The van der Waals surface area contributed by atoms with E-state index >= 15 is 0 Å². The van der Waals surface area contributed by atoms with Crippen LogP contribution in [0, 0.1) is 0 Å². The Hall–Kier alpha value is -0.610. The minimum absolute atomic E-state index is 0.0568. The van der Waals surface area contributed by atoms with Gasteiger partial charge in [0, 0.05) is 30.2 Å². The van der Waals surface area contributed by atoms with Crippen molar-refractivity contribution in [2.75, 3.05) is 19.7 Å². The summed E-state index contributed by atoms with van der Waals surface area (Å²) in [5.41, 5.74) is 7.16. The number of hydrogen-bond donors (Lipinski definition) is 2. The highest BCUT2D eigenvalue weighted by molar-refractivity contribution is 6.31. The molecule has 0 saturated carbocycles. The minimum atomic E-state index is -0.0568. The summed E-state index contributed by atoms with van der Waals surface area (Å²) in [5.74, 6) is 0. The molecule has 3 nitrogen and oxygen atoms in total. The van der Waals surface area contributed by atoms with E-state index in [1.54, 1.807) is 0 Å². The molecule has 102 valence electrons. The van der Waals surface area contributed by atoms with Gasteiger partial charge in [0.25, 0.3) is 0 Å². The molecule has 0 fully saturated rings. The predicted octanol–water partition coefficient (Wildman–Crippen LogP) is 2.43. The van der Waals surface area contributed by atoms with Crippen molar-refractivity contribution in [3.63, 3.8) is 0 Å². The Labute approximate surface area is 115 Å². The third-order valence-corrected chi connectivity index (χ3v) is 3.49. The SMILES string of the molecule is CC(C)N(CCO)CCC(N)c1ccccc1Cl. The monoisotopic (exact) mass is 270 g/mol. The van der Waals surface area contributed by atoms with Crippen molar-refractivity contribution in [1.82, 2.24) is 4.90 Å². The zero-order valence-corrected chi connectivity index (χ0v) is 11.9. The van der Waals surface area contributed by atoms with Gasteiger partial charge < -0.3 is 10.8 Å². The van der Waals surface area contributed by atoms with Crippen LogP contribution in [0.5, 0.6) is 0 Å². The smallest absolute Gasteiger partial charge is 0.0558 e. The Bertz CT molecular complexity index is 357. The molecule has 0 bridgehead atoms. The first kappa shape index (κ1) is 15.4. The van der Waals surface area contributed by atoms with Crippen molar-refractivity contribution in [1.29, 1.82) is 0 Å². The molecule has 0 spiro atoms. The van der Waals surface area contributed by atoms with E-state index in [0.29, 0.717) is 12.6 Å². The second kappa shape index (κ2) is 7.74. The maximum Gasteiger partial charge on any atom is 0.0558 e. The van der Waals surface area contributed by atoms with Crippen LogP contribution in [0.1, 0.15) is 31.9 Å². The summed E-state index contributed by atoms with van der Waals surface area (Å²) in [6.45, 7) is 5.98. The van der Waals surface area contributed by atoms with E-state index in [2.05, 4.69) is 18.7 Å². The standard InChI is InChI=1S/C14H23ClN2O/c1-11(2)17(9-10-18)8-7-14(16)12-5-3-4-6-13(12)15/h3-6,11,14,18H,7-10,16H2,1-2H3. The molecule has 0 aliphatic carbocycles. The fourth-order valence-corrected chi connectivity index (χ4v) is 2.27. The Kier molecular flexibility index (Phi) is 6.65. The van der Waals surface area contributed by atoms with E-state index in [-0.39, 0.29) is 12.6 Å². The highest BCUT2D eigenvalue weighted by Crippen LogP contribution is 2.23. The maximum atomic E-state index is 9.02. The number of nitrogens with two attached hydrogens (primary N) is 1. The minimum Gasteiger partial charge on any atom is -0.395 e. The quantitative estimate of drug-likeness (QED) is 0.800. The molecule has 0 heterocycles. The van der Waals surface area contributed by atoms with E-state index in [9.17, 15) is 0 Å². The Balaban J connectivity index is 2.54. The van der Waals surface area contributed by atoms with Crippen LogP contribution in [0.4, 0.5) is 0 Å². The lowest BCUT2D eigenvalue weighted by atomic mass is 10.0. The fourth-order valence-electron chi connectivity index (χ4n) is 1.99. The molecule has 0 aromatic heterocycles. The lowest BCUT2D eigenvalue weighted by Gasteiger charge is -2.27. The molecule has 0 radical (unpaired) electrons. The van der Waals surface area contributed by atoms with Gasteiger partial charge in [0.2, 0.25) is 0 Å². The van der Waals surface area contributed by atoms with Gasteiger partial charge in [-0.05, 0) is 31.9 Å². The lowest BCUT2D eigenvalue weighted by Crippen LogP contribution is -2.35. The second-order valence-corrected chi connectivity index (χ2v) is 5.18. The Morgan fingerprint density at radius 1 is 1.28 bits per heavy atom. The average Bonchev–Trinajstić information content (AvgIpc) is 2.34. The first-order valence-corrected chi connectivity index (χ1v) is 6.79. The largest absolute Gasteiger partial charge is 0.395 e. The van der Waals surface area contributed by atoms with Gasteiger partial charge in [-0.25, -0.2) is 0 Å². The van der Waals surface area contributed by atoms with Crippen molar-refractivity contribution in [2.24, 2.45) is 5.73 Å². The summed E-state index contributed by atoms with van der Waals surface area (Å²) in [5, 5.41) is 9.74. The van der Waals surface area contributed by atoms with Crippen LogP contribution >= 0.6 is 11.6 Å². The first-order valence-electron chi connectivity index (χ1n) is 6.41. The summed E-state index contributed by atoms with van der Waals surface area (Å²) in [6.07, 6.45) is 0.835. The van der Waals surface area contributed by atoms with Crippen LogP contribution in [0.3, 0.4) is 0 Å². The predicted molar refractivity (Wildman–Crippen MR) is 76.8 cm³/mol. The van der Waals surface area contributed by atoms with E-state index in [0.717, 1.165) is 23.6 Å². The molecule has 1 atom stereocenters. The van der Waals surface area contributed by atoms with Crippen molar-refractivity contribution >= 4 is 11.6 Å². The van der Waals surface area contributed by atoms with Gasteiger partial charge in [-0.2, -0.15) is 0 Å².